The highest BCUT2D eigenvalue weighted by Crippen LogP contribution is 2.53. The summed E-state index contributed by atoms with van der Waals surface area (Å²) >= 11 is 0. The third-order valence-electron chi connectivity index (χ3n) is 7.57. The van der Waals surface area contributed by atoms with Crippen LogP contribution in [0.1, 0.15) is 50.2 Å². The number of benzene rings is 2. The van der Waals surface area contributed by atoms with Gasteiger partial charge in [0.05, 0.1) is 13.2 Å². The third kappa shape index (κ3) is 4.14. The Morgan fingerprint density at radius 1 is 0.871 bits per heavy atom. The number of ether oxygens (including phenoxy) is 2. The van der Waals surface area contributed by atoms with E-state index in [0.29, 0.717) is 25.6 Å². The highest BCUT2D eigenvalue weighted by atomic mass is 16.5. The Morgan fingerprint density at radius 2 is 1.42 bits per heavy atom. The zero-order valence-electron chi connectivity index (χ0n) is 19.0. The number of ketones is 1. The molecular formula is C28H34O3. The average Bonchev–Trinajstić information content (AvgIpc) is 3.15. The largest absolute Gasteiger partial charge is 0.384 e. The van der Waals surface area contributed by atoms with Crippen molar-refractivity contribution in [2.75, 3.05) is 27.4 Å². The van der Waals surface area contributed by atoms with Crippen LogP contribution in [0.5, 0.6) is 0 Å². The van der Waals surface area contributed by atoms with Gasteiger partial charge in [-0.15, -0.1) is 0 Å². The molecule has 0 bridgehead atoms. The zero-order valence-corrected chi connectivity index (χ0v) is 19.0. The third-order valence-corrected chi connectivity index (χ3v) is 7.57. The molecule has 0 heterocycles. The minimum absolute atomic E-state index is 0.0302. The Morgan fingerprint density at radius 3 is 1.94 bits per heavy atom. The molecule has 2 aliphatic carbocycles. The van der Waals surface area contributed by atoms with Crippen LogP contribution in [0.25, 0.3) is 0 Å². The molecule has 0 aliphatic heterocycles. The van der Waals surface area contributed by atoms with E-state index in [2.05, 4.69) is 60.7 Å². The molecule has 2 aromatic rings. The summed E-state index contributed by atoms with van der Waals surface area (Å²) in [5.41, 5.74) is 4.47. The minimum Gasteiger partial charge on any atom is -0.384 e. The van der Waals surface area contributed by atoms with Crippen LogP contribution in [-0.4, -0.2) is 33.2 Å². The lowest BCUT2D eigenvalue weighted by atomic mass is 9.65. The van der Waals surface area contributed by atoms with Crippen molar-refractivity contribution in [3.05, 3.63) is 82.9 Å². The number of carbonyl (C=O) groups excluding carboxylic acids is 1. The summed E-state index contributed by atoms with van der Waals surface area (Å²) in [4.78, 5) is 13.7. The van der Waals surface area contributed by atoms with E-state index in [1.807, 2.05) is 6.92 Å². The summed E-state index contributed by atoms with van der Waals surface area (Å²) in [5.74, 6) is 0.680. The van der Waals surface area contributed by atoms with Gasteiger partial charge in [-0.05, 0) is 55.2 Å². The van der Waals surface area contributed by atoms with Crippen LogP contribution in [0.2, 0.25) is 0 Å². The molecule has 2 aromatic carbocycles. The van der Waals surface area contributed by atoms with Gasteiger partial charge in [-0.25, -0.2) is 0 Å². The van der Waals surface area contributed by atoms with E-state index in [1.165, 1.54) is 16.7 Å². The van der Waals surface area contributed by atoms with Crippen molar-refractivity contribution in [3.8, 4) is 0 Å². The van der Waals surface area contributed by atoms with E-state index < -0.39 is 0 Å². The van der Waals surface area contributed by atoms with Crippen LogP contribution in [0.4, 0.5) is 0 Å². The fourth-order valence-electron chi connectivity index (χ4n) is 6.12. The average molecular weight is 419 g/mol. The van der Waals surface area contributed by atoms with Gasteiger partial charge in [-0.3, -0.25) is 4.79 Å². The van der Waals surface area contributed by atoms with Crippen molar-refractivity contribution < 1.29 is 14.3 Å². The molecular weight excluding hydrogens is 384 g/mol. The van der Waals surface area contributed by atoms with Gasteiger partial charge in [0.1, 0.15) is 0 Å². The highest BCUT2D eigenvalue weighted by molar-refractivity contribution is 5.97. The Kier molecular flexibility index (Phi) is 6.45. The first kappa shape index (κ1) is 22.0. The first-order valence-electron chi connectivity index (χ1n) is 11.4. The lowest BCUT2D eigenvalue weighted by Crippen LogP contribution is -2.33. The van der Waals surface area contributed by atoms with Gasteiger partial charge >= 0.3 is 0 Å². The van der Waals surface area contributed by atoms with Crippen LogP contribution in [0.3, 0.4) is 0 Å². The number of carbonyl (C=O) groups is 1. The fraction of sp³-hybridized carbons (Fsp3) is 0.464. The molecule has 3 heteroatoms. The Balaban J connectivity index is 1.77. The second kappa shape index (κ2) is 9.10. The van der Waals surface area contributed by atoms with Crippen molar-refractivity contribution in [1.29, 1.82) is 0 Å². The van der Waals surface area contributed by atoms with Crippen molar-refractivity contribution in [3.63, 3.8) is 0 Å². The molecule has 0 spiro atoms. The van der Waals surface area contributed by atoms with Gasteiger partial charge in [-0.1, -0.05) is 66.2 Å². The lowest BCUT2D eigenvalue weighted by Gasteiger charge is -2.38. The standard InChI is InChI=1S/C28H34O3/c1-21-25-17-27(19-30-2,20-31-3)16-22(25)14-15-28(18-26(21)29,23-10-6-4-7-11-23)24-12-8-5-9-13-24/h4-13,22H,14-20H2,1-3H3/b25-21-. The second-order valence-corrected chi connectivity index (χ2v) is 9.55. The maximum Gasteiger partial charge on any atom is 0.159 e. The van der Waals surface area contributed by atoms with Crippen molar-refractivity contribution in [2.45, 2.75) is 44.4 Å². The topological polar surface area (TPSA) is 35.5 Å². The first-order valence-corrected chi connectivity index (χ1v) is 11.4. The van der Waals surface area contributed by atoms with Crippen LogP contribution in [-0.2, 0) is 19.7 Å². The van der Waals surface area contributed by atoms with Gasteiger partial charge in [0.15, 0.2) is 5.78 Å². The molecule has 164 valence electrons. The van der Waals surface area contributed by atoms with E-state index in [1.54, 1.807) is 14.2 Å². The van der Waals surface area contributed by atoms with E-state index in [-0.39, 0.29) is 16.6 Å². The molecule has 4 rings (SSSR count). The van der Waals surface area contributed by atoms with Gasteiger partial charge in [0.25, 0.3) is 0 Å². The summed E-state index contributed by atoms with van der Waals surface area (Å²) in [6, 6.07) is 21.2. The summed E-state index contributed by atoms with van der Waals surface area (Å²) in [6.07, 6.45) is 4.47. The molecule has 0 amide bonds. The second-order valence-electron chi connectivity index (χ2n) is 9.55. The zero-order chi connectivity index (χ0) is 21.9. The number of methoxy groups -OCH3 is 2. The van der Waals surface area contributed by atoms with E-state index >= 15 is 0 Å². The molecule has 0 aromatic heterocycles. The van der Waals surface area contributed by atoms with Crippen molar-refractivity contribution >= 4 is 5.78 Å². The molecule has 1 unspecified atom stereocenters. The predicted molar refractivity (Wildman–Crippen MR) is 124 cm³/mol. The fourth-order valence-corrected chi connectivity index (χ4v) is 6.12. The maximum absolute atomic E-state index is 13.7. The molecule has 3 nitrogen and oxygen atoms in total. The summed E-state index contributed by atoms with van der Waals surface area (Å²) in [7, 11) is 3.53. The number of Topliss-reactive ketones (excluding diaryl/α,β-unsaturated/α-hetero) is 1. The summed E-state index contributed by atoms with van der Waals surface area (Å²) in [5, 5.41) is 0. The lowest BCUT2D eigenvalue weighted by molar-refractivity contribution is -0.116. The van der Waals surface area contributed by atoms with Gasteiger partial charge in [0.2, 0.25) is 0 Å². The van der Waals surface area contributed by atoms with Gasteiger partial charge in [-0.2, -0.15) is 0 Å². The Bertz CT molecular complexity index is 884. The molecule has 1 fully saturated rings. The Labute approximate surface area is 186 Å². The van der Waals surface area contributed by atoms with Gasteiger partial charge in [0, 0.05) is 31.5 Å². The molecule has 1 atom stereocenters. The van der Waals surface area contributed by atoms with E-state index in [4.69, 9.17) is 9.47 Å². The van der Waals surface area contributed by atoms with Crippen LogP contribution in [0.15, 0.2) is 71.8 Å². The number of rotatable bonds is 6. The van der Waals surface area contributed by atoms with Gasteiger partial charge < -0.3 is 9.47 Å². The van der Waals surface area contributed by atoms with Crippen molar-refractivity contribution in [2.24, 2.45) is 11.3 Å². The highest BCUT2D eigenvalue weighted by Gasteiger charge is 2.47. The minimum atomic E-state index is -0.292. The molecule has 0 N–H and O–H groups in total. The smallest absolute Gasteiger partial charge is 0.159 e. The van der Waals surface area contributed by atoms with Crippen LogP contribution >= 0.6 is 0 Å². The normalized spacial score (nSPS) is 25.0. The number of allylic oxidation sites excluding steroid dienone is 2. The summed E-state index contributed by atoms with van der Waals surface area (Å²) in [6.45, 7) is 3.39. The Hall–Kier alpha value is -2.23. The van der Waals surface area contributed by atoms with Crippen LogP contribution in [0, 0.1) is 11.3 Å². The number of fused-ring (bicyclic) bond motifs is 1. The van der Waals surface area contributed by atoms with Crippen LogP contribution < -0.4 is 0 Å². The molecule has 0 radical (unpaired) electrons. The maximum atomic E-state index is 13.7. The predicted octanol–water partition coefficient (Wildman–Crippen LogP) is 5.73. The molecule has 0 saturated heterocycles. The monoisotopic (exact) mass is 418 g/mol. The first-order chi connectivity index (χ1) is 15.0. The SMILES string of the molecule is COCC1(COC)C/C2=C(\C)C(=O)CC(c3ccccc3)(c3ccccc3)CCC2C1. The molecule has 2 aliphatic rings. The van der Waals surface area contributed by atoms with E-state index in [9.17, 15) is 4.79 Å². The van der Waals surface area contributed by atoms with E-state index in [0.717, 1.165) is 31.3 Å². The van der Waals surface area contributed by atoms with Crippen molar-refractivity contribution in [1.82, 2.24) is 0 Å². The molecule has 1 saturated carbocycles. The quantitative estimate of drug-likeness (QED) is 0.601. The number of hydrogen-bond donors (Lipinski definition) is 0. The molecule has 31 heavy (non-hydrogen) atoms. The summed E-state index contributed by atoms with van der Waals surface area (Å²) < 4.78 is 11.2. The number of hydrogen-bond acceptors (Lipinski definition) is 3.